The molecule has 30 heavy (non-hydrogen) atoms. The number of hydrogen-bond acceptors (Lipinski definition) is 3. The number of likely N-dealkylation sites (N-methyl/N-ethyl adjacent to an activating group) is 1. The summed E-state index contributed by atoms with van der Waals surface area (Å²) in [5, 5.41) is 0.759. The maximum Gasteiger partial charge on any atom is 0.328 e. The first kappa shape index (κ1) is 20.4. The monoisotopic (exact) mass is 423 g/mol. The van der Waals surface area contributed by atoms with Crippen molar-refractivity contribution >= 4 is 22.6 Å². The van der Waals surface area contributed by atoms with E-state index in [0.29, 0.717) is 6.54 Å². The number of halogens is 1. The number of rotatable bonds is 5. The molecule has 4 aromatic rings. The largest absolute Gasteiger partial charge is 0.329 e. The summed E-state index contributed by atoms with van der Waals surface area (Å²) in [6.07, 6.45) is 3.74. The number of aryl methyl sites for hydroxylation is 3. The Morgan fingerprint density at radius 2 is 1.77 bits per heavy atom. The summed E-state index contributed by atoms with van der Waals surface area (Å²) >= 11 is 6.50. The molecule has 0 N–H and O–H groups in total. The first-order chi connectivity index (χ1) is 14.3. The van der Waals surface area contributed by atoms with Gasteiger partial charge in [-0.1, -0.05) is 29.8 Å². The first-order valence-corrected chi connectivity index (χ1v) is 10.2. The van der Waals surface area contributed by atoms with E-state index in [1.807, 2.05) is 30.7 Å². The van der Waals surface area contributed by atoms with Gasteiger partial charge in [0, 0.05) is 31.2 Å². The second-order valence-corrected chi connectivity index (χ2v) is 8.40. The molecule has 0 saturated heterocycles. The van der Waals surface area contributed by atoms with E-state index in [9.17, 15) is 4.79 Å². The van der Waals surface area contributed by atoms with Crippen molar-refractivity contribution in [3.63, 3.8) is 0 Å². The standard InChI is InChI=1S/C23H26ClN5O/c1-15-10-19-20(28(5)23(30)27(19)4)11-17(15)21-12-25-14-29(21)13-22(26(2)3)16-8-6-7-9-18(16)24/h6-12,14,22H,13H2,1-5H3. The van der Waals surface area contributed by atoms with Crippen LogP contribution < -0.4 is 5.69 Å². The van der Waals surface area contributed by atoms with Crippen LogP contribution in [0.25, 0.3) is 22.3 Å². The number of aromatic nitrogens is 4. The second kappa shape index (κ2) is 7.78. The smallest absolute Gasteiger partial charge is 0.328 e. The molecule has 0 radical (unpaired) electrons. The number of hydrogen-bond donors (Lipinski definition) is 0. The van der Waals surface area contributed by atoms with E-state index in [1.165, 1.54) is 0 Å². The Balaban J connectivity index is 1.80. The third-order valence-electron chi connectivity index (χ3n) is 5.86. The molecule has 0 aliphatic rings. The van der Waals surface area contributed by atoms with Crippen LogP contribution >= 0.6 is 11.6 Å². The van der Waals surface area contributed by atoms with Gasteiger partial charge >= 0.3 is 5.69 Å². The van der Waals surface area contributed by atoms with Gasteiger partial charge in [-0.3, -0.25) is 9.13 Å². The fourth-order valence-electron chi connectivity index (χ4n) is 4.09. The molecular formula is C23H26ClN5O. The average molecular weight is 424 g/mol. The molecule has 2 heterocycles. The molecule has 0 amide bonds. The van der Waals surface area contributed by atoms with Gasteiger partial charge in [0.15, 0.2) is 0 Å². The van der Waals surface area contributed by atoms with E-state index >= 15 is 0 Å². The zero-order chi connectivity index (χ0) is 21.6. The lowest BCUT2D eigenvalue weighted by molar-refractivity contribution is 0.269. The SMILES string of the molecule is Cc1cc2c(cc1-c1cncn1CC(c1ccccc1Cl)N(C)C)n(C)c(=O)n2C. The Hall–Kier alpha value is -2.83. The van der Waals surface area contributed by atoms with Crippen molar-refractivity contribution < 1.29 is 0 Å². The Morgan fingerprint density at radius 1 is 1.10 bits per heavy atom. The third kappa shape index (κ3) is 3.36. The van der Waals surface area contributed by atoms with Gasteiger partial charge in [0.1, 0.15) is 0 Å². The summed E-state index contributed by atoms with van der Waals surface area (Å²) in [7, 11) is 7.73. The van der Waals surface area contributed by atoms with Crippen molar-refractivity contribution in [3.05, 3.63) is 75.6 Å². The fraction of sp³-hybridized carbons (Fsp3) is 0.304. The van der Waals surface area contributed by atoms with Crippen LogP contribution in [-0.4, -0.2) is 37.7 Å². The van der Waals surface area contributed by atoms with Crippen LogP contribution in [0.1, 0.15) is 17.2 Å². The molecular weight excluding hydrogens is 398 g/mol. The van der Waals surface area contributed by atoms with E-state index in [4.69, 9.17) is 11.6 Å². The molecule has 0 bridgehead atoms. The highest BCUT2D eigenvalue weighted by molar-refractivity contribution is 6.31. The highest BCUT2D eigenvalue weighted by Crippen LogP contribution is 2.31. The van der Waals surface area contributed by atoms with Gasteiger partial charge < -0.3 is 9.47 Å². The minimum atomic E-state index is -0.0264. The van der Waals surface area contributed by atoms with Gasteiger partial charge in [0.2, 0.25) is 0 Å². The van der Waals surface area contributed by atoms with Crippen molar-refractivity contribution in [1.29, 1.82) is 0 Å². The summed E-state index contributed by atoms with van der Waals surface area (Å²) in [5.41, 5.74) is 6.08. The van der Waals surface area contributed by atoms with Crippen LogP contribution in [0.4, 0.5) is 0 Å². The van der Waals surface area contributed by atoms with Crippen molar-refractivity contribution in [2.24, 2.45) is 14.1 Å². The summed E-state index contributed by atoms with van der Waals surface area (Å²) in [4.78, 5) is 19.0. The molecule has 1 unspecified atom stereocenters. The summed E-state index contributed by atoms with van der Waals surface area (Å²) < 4.78 is 5.53. The average Bonchev–Trinajstić information content (AvgIpc) is 3.25. The lowest BCUT2D eigenvalue weighted by atomic mass is 10.0. The molecule has 0 spiro atoms. The molecule has 2 aromatic heterocycles. The van der Waals surface area contributed by atoms with Crippen LogP contribution in [-0.2, 0) is 20.6 Å². The van der Waals surface area contributed by atoms with E-state index in [2.05, 4.69) is 53.7 Å². The van der Waals surface area contributed by atoms with E-state index in [-0.39, 0.29) is 11.7 Å². The maximum atomic E-state index is 12.4. The summed E-state index contributed by atoms with van der Waals surface area (Å²) in [5.74, 6) is 0. The van der Waals surface area contributed by atoms with Crippen LogP contribution in [0.3, 0.4) is 0 Å². The number of nitrogens with zero attached hydrogens (tertiary/aromatic N) is 5. The molecule has 4 rings (SSSR count). The molecule has 0 fully saturated rings. The Kier molecular flexibility index (Phi) is 5.30. The quantitative estimate of drug-likeness (QED) is 0.487. The number of benzene rings is 2. The van der Waals surface area contributed by atoms with Gasteiger partial charge in [0.25, 0.3) is 0 Å². The normalized spacial score (nSPS) is 12.8. The third-order valence-corrected chi connectivity index (χ3v) is 6.21. The van der Waals surface area contributed by atoms with Crippen molar-refractivity contribution in [1.82, 2.24) is 23.6 Å². The van der Waals surface area contributed by atoms with E-state index < -0.39 is 0 Å². The number of fused-ring (bicyclic) bond motifs is 1. The van der Waals surface area contributed by atoms with Crippen molar-refractivity contribution in [2.45, 2.75) is 19.5 Å². The van der Waals surface area contributed by atoms with Gasteiger partial charge in [-0.15, -0.1) is 0 Å². The molecule has 156 valence electrons. The molecule has 0 saturated carbocycles. The van der Waals surface area contributed by atoms with Gasteiger partial charge in [0.05, 0.1) is 35.3 Å². The van der Waals surface area contributed by atoms with Crippen LogP contribution in [0.5, 0.6) is 0 Å². The minimum absolute atomic E-state index is 0.0264. The zero-order valence-electron chi connectivity index (χ0n) is 17.9. The molecule has 0 aliphatic heterocycles. The van der Waals surface area contributed by atoms with E-state index in [0.717, 1.165) is 38.4 Å². The lowest BCUT2D eigenvalue weighted by Gasteiger charge is -2.27. The van der Waals surface area contributed by atoms with Crippen LogP contribution in [0.15, 0.2) is 53.7 Å². The van der Waals surface area contributed by atoms with Gasteiger partial charge in [-0.25, -0.2) is 9.78 Å². The van der Waals surface area contributed by atoms with Crippen molar-refractivity contribution in [2.75, 3.05) is 14.1 Å². The highest BCUT2D eigenvalue weighted by atomic mass is 35.5. The Morgan fingerprint density at radius 3 is 2.43 bits per heavy atom. The summed E-state index contributed by atoms with van der Waals surface area (Å²) in [6, 6.07) is 12.2. The second-order valence-electron chi connectivity index (χ2n) is 7.99. The zero-order valence-corrected chi connectivity index (χ0v) is 18.7. The van der Waals surface area contributed by atoms with Crippen molar-refractivity contribution in [3.8, 4) is 11.3 Å². The first-order valence-electron chi connectivity index (χ1n) is 9.87. The Bertz CT molecular complexity index is 1280. The molecule has 0 aliphatic carbocycles. The topological polar surface area (TPSA) is 48.0 Å². The maximum absolute atomic E-state index is 12.4. The predicted molar refractivity (Wildman–Crippen MR) is 122 cm³/mol. The molecule has 1 atom stereocenters. The van der Waals surface area contributed by atoms with Gasteiger partial charge in [-0.2, -0.15) is 0 Å². The predicted octanol–water partition coefficient (Wildman–Crippen LogP) is 4.01. The minimum Gasteiger partial charge on any atom is -0.329 e. The molecule has 6 nitrogen and oxygen atoms in total. The molecule has 2 aromatic carbocycles. The van der Waals surface area contributed by atoms with E-state index in [1.54, 1.807) is 23.2 Å². The van der Waals surface area contributed by atoms with Crippen LogP contribution in [0, 0.1) is 6.92 Å². The number of imidazole rings is 2. The summed E-state index contributed by atoms with van der Waals surface area (Å²) in [6.45, 7) is 2.78. The van der Waals surface area contributed by atoms with Gasteiger partial charge in [-0.05, 0) is 50.3 Å². The Labute approximate surface area is 180 Å². The fourth-order valence-corrected chi connectivity index (χ4v) is 4.35. The van der Waals surface area contributed by atoms with Crippen LogP contribution in [0.2, 0.25) is 5.02 Å². The molecule has 7 heteroatoms. The lowest BCUT2D eigenvalue weighted by Crippen LogP contribution is -2.25. The highest BCUT2D eigenvalue weighted by Gasteiger charge is 2.20.